The van der Waals surface area contributed by atoms with Gasteiger partial charge in [0.25, 0.3) is 0 Å². The van der Waals surface area contributed by atoms with Crippen LogP contribution in [0.3, 0.4) is 0 Å². The molecular formula is C14H15NO2. The van der Waals surface area contributed by atoms with E-state index in [-0.39, 0.29) is 5.41 Å². The highest BCUT2D eigenvalue weighted by Crippen LogP contribution is 2.33. The van der Waals surface area contributed by atoms with Gasteiger partial charge in [-0.05, 0) is 26.8 Å². The van der Waals surface area contributed by atoms with E-state index in [1.807, 2.05) is 31.2 Å². The molecule has 0 saturated carbocycles. The van der Waals surface area contributed by atoms with Crippen LogP contribution in [0.1, 0.15) is 30.9 Å². The fourth-order valence-corrected chi connectivity index (χ4v) is 1.72. The van der Waals surface area contributed by atoms with Crippen LogP contribution in [0.2, 0.25) is 0 Å². The summed E-state index contributed by atoms with van der Waals surface area (Å²) in [4.78, 5) is 15.0. The maximum absolute atomic E-state index is 11.2. The molecule has 0 aromatic carbocycles. The lowest BCUT2D eigenvalue weighted by atomic mass is 9.83. The molecule has 88 valence electrons. The molecule has 1 aliphatic rings. The van der Waals surface area contributed by atoms with Crippen molar-refractivity contribution in [3.05, 3.63) is 51.9 Å². The largest absolute Gasteiger partial charge is 0.439 e. The minimum Gasteiger partial charge on any atom is -0.408 e. The molecular weight excluding hydrogens is 214 g/mol. The zero-order valence-corrected chi connectivity index (χ0v) is 10.3. The van der Waals surface area contributed by atoms with Gasteiger partial charge in [0.1, 0.15) is 5.76 Å². The zero-order chi connectivity index (χ0) is 12.6. The molecule has 0 aliphatic heterocycles. The normalized spacial score (nSPS) is 22.1. The molecule has 1 aromatic heterocycles. The Bertz CT molecular complexity index is 593. The van der Waals surface area contributed by atoms with Crippen molar-refractivity contribution in [2.24, 2.45) is 5.41 Å². The van der Waals surface area contributed by atoms with Crippen molar-refractivity contribution < 1.29 is 4.42 Å². The Morgan fingerprint density at radius 2 is 2.06 bits per heavy atom. The van der Waals surface area contributed by atoms with Gasteiger partial charge in [-0.2, -0.15) is 4.98 Å². The summed E-state index contributed by atoms with van der Waals surface area (Å²) >= 11 is 0. The fourth-order valence-electron chi connectivity index (χ4n) is 1.72. The van der Waals surface area contributed by atoms with Crippen molar-refractivity contribution >= 4 is 12.2 Å². The fraction of sp³-hybridized carbons (Fsp3) is 0.286. The van der Waals surface area contributed by atoms with Gasteiger partial charge in [-0.3, -0.25) is 0 Å². The number of hydrogen-bond acceptors (Lipinski definition) is 3. The second-order valence-corrected chi connectivity index (χ2v) is 4.57. The van der Waals surface area contributed by atoms with Crippen LogP contribution in [0.15, 0.2) is 33.5 Å². The molecule has 0 fully saturated rings. The van der Waals surface area contributed by atoms with E-state index in [0.29, 0.717) is 11.5 Å². The number of fused-ring (bicyclic) bond motifs is 1. The molecule has 1 unspecified atom stereocenters. The highest BCUT2D eigenvalue weighted by atomic mass is 16.4. The van der Waals surface area contributed by atoms with Crippen LogP contribution < -0.4 is 5.76 Å². The average Bonchev–Trinajstić information content (AvgIpc) is 2.40. The van der Waals surface area contributed by atoms with Gasteiger partial charge >= 0.3 is 5.76 Å². The summed E-state index contributed by atoms with van der Waals surface area (Å²) in [6.45, 7) is 9.83. The first-order valence-electron chi connectivity index (χ1n) is 5.48. The number of rotatable bonds is 1. The quantitative estimate of drug-likeness (QED) is 0.695. The van der Waals surface area contributed by atoms with Crippen molar-refractivity contribution in [2.45, 2.75) is 20.8 Å². The van der Waals surface area contributed by atoms with Crippen molar-refractivity contribution in [1.29, 1.82) is 0 Å². The van der Waals surface area contributed by atoms with E-state index in [9.17, 15) is 4.79 Å². The van der Waals surface area contributed by atoms with Gasteiger partial charge in [-0.15, -0.1) is 0 Å². The monoisotopic (exact) mass is 229 g/mol. The van der Waals surface area contributed by atoms with Crippen molar-refractivity contribution in [1.82, 2.24) is 4.98 Å². The van der Waals surface area contributed by atoms with E-state index in [4.69, 9.17) is 4.42 Å². The Labute approximate surface area is 100 Å². The Morgan fingerprint density at radius 3 is 2.71 bits per heavy atom. The van der Waals surface area contributed by atoms with Gasteiger partial charge in [0.2, 0.25) is 0 Å². The molecule has 3 nitrogen and oxygen atoms in total. The molecule has 1 aromatic rings. The first kappa shape index (κ1) is 11.6. The smallest absolute Gasteiger partial charge is 0.408 e. The standard InChI is InChI=1S/C14H15NO2/c1-9(2)14(4)7-5-11-10(3)15-13(16)17-12(11)6-8-14/h5-8H,1H2,2-4H3. The summed E-state index contributed by atoms with van der Waals surface area (Å²) in [5.41, 5.74) is 2.35. The van der Waals surface area contributed by atoms with Crippen LogP contribution >= 0.6 is 0 Å². The van der Waals surface area contributed by atoms with Crippen LogP contribution in [0.4, 0.5) is 0 Å². The molecule has 0 radical (unpaired) electrons. The van der Waals surface area contributed by atoms with Gasteiger partial charge in [0.05, 0.1) is 5.69 Å². The highest BCUT2D eigenvalue weighted by molar-refractivity contribution is 5.67. The average molecular weight is 229 g/mol. The van der Waals surface area contributed by atoms with E-state index >= 15 is 0 Å². The Balaban J connectivity index is 2.64. The van der Waals surface area contributed by atoms with Crippen molar-refractivity contribution in [3.8, 4) is 0 Å². The zero-order valence-electron chi connectivity index (χ0n) is 10.3. The minimum absolute atomic E-state index is 0.218. The highest BCUT2D eigenvalue weighted by Gasteiger charge is 2.21. The number of allylic oxidation sites excluding steroid dienone is 3. The maximum atomic E-state index is 11.2. The molecule has 17 heavy (non-hydrogen) atoms. The maximum Gasteiger partial charge on any atom is 0.439 e. The molecule has 1 aliphatic carbocycles. The summed E-state index contributed by atoms with van der Waals surface area (Å²) in [5.74, 6) is 0.00181. The van der Waals surface area contributed by atoms with Crippen LogP contribution in [0.5, 0.6) is 0 Å². The second-order valence-electron chi connectivity index (χ2n) is 4.57. The van der Waals surface area contributed by atoms with Crippen LogP contribution in [-0.2, 0) is 0 Å². The topological polar surface area (TPSA) is 43.1 Å². The Hall–Kier alpha value is -1.90. The van der Waals surface area contributed by atoms with Crippen molar-refractivity contribution in [2.75, 3.05) is 0 Å². The van der Waals surface area contributed by atoms with E-state index < -0.39 is 5.76 Å². The first-order chi connectivity index (χ1) is 7.92. The Kier molecular flexibility index (Phi) is 2.62. The predicted octanol–water partition coefficient (Wildman–Crippen LogP) is 2.97. The van der Waals surface area contributed by atoms with Crippen LogP contribution in [0.25, 0.3) is 12.2 Å². The summed E-state index contributed by atoms with van der Waals surface area (Å²) in [7, 11) is 0. The third-order valence-electron chi connectivity index (χ3n) is 3.21. The number of aromatic nitrogens is 1. The lowest BCUT2D eigenvalue weighted by Gasteiger charge is -2.21. The van der Waals surface area contributed by atoms with Crippen LogP contribution in [0, 0.1) is 12.3 Å². The van der Waals surface area contributed by atoms with E-state index in [2.05, 4.69) is 18.5 Å². The van der Waals surface area contributed by atoms with Gasteiger partial charge in [-0.25, -0.2) is 4.79 Å². The second kappa shape index (κ2) is 3.84. The summed E-state index contributed by atoms with van der Waals surface area (Å²) in [6, 6.07) is 0. The molecule has 3 heteroatoms. The third-order valence-corrected chi connectivity index (χ3v) is 3.21. The van der Waals surface area contributed by atoms with E-state index in [1.165, 1.54) is 0 Å². The molecule has 0 amide bonds. The van der Waals surface area contributed by atoms with Gasteiger partial charge in [0, 0.05) is 11.0 Å². The summed E-state index contributed by atoms with van der Waals surface area (Å²) in [6.07, 6.45) is 7.79. The summed E-state index contributed by atoms with van der Waals surface area (Å²) < 4.78 is 5.10. The molecule has 2 rings (SSSR count). The lowest BCUT2D eigenvalue weighted by Crippen LogP contribution is -2.09. The van der Waals surface area contributed by atoms with Gasteiger partial charge in [0.15, 0.2) is 0 Å². The minimum atomic E-state index is -0.557. The molecule has 0 bridgehead atoms. The van der Waals surface area contributed by atoms with E-state index in [1.54, 1.807) is 6.92 Å². The third kappa shape index (κ3) is 2.00. The number of hydrogen-bond donors (Lipinski definition) is 0. The molecule has 0 N–H and O–H groups in total. The van der Waals surface area contributed by atoms with Crippen LogP contribution in [-0.4, -0.2) is 4.98 Å². The van der Waals surface area contributed by atoms with Crippen molar-refractivity contribution in [3.63, 3.8) is 0 Å². The van der Waals surface area contributed by atoms with Gasteiger partial charge < -0.3 is 4.42 Å². The predicted molar refractivity (Wildman–Crippen MR) is 68.5 cm³/mol. The summed E-state index contributed by atoms with van der Waals surface area (Å²) in [5, 5.41) is 0. The Morgan fingerprint density at radius 1 is 1.41 bits per heavy atom. The SMILES string of the molecule is C=C(C)C1(C)C=Cc2oc(=O)nc(C)c2C=C1. The lowest BCUT2D eigenvalue weighted by molar-refractivity contribution is 0.470. The molecule has 0 spiro atoms. The number of nitrogens with zero attached hydrogens (tertiary/aromatic N) is 1. The van der Waals surface area contributed by atoms with E-state index in [0.717, 1.165) is 11.1 Å². The first-order valence-corrected chi connectivity index (χ1v) is 5.48. The molecule has 1 heterocycles. The molecule has 0 saturated heterocycles. The number of aryl methyl sites for hydroxylation is 1. The van der Waals surface area contributed by atoms with Gasteiger partial charge in [-0.1, -0.05) is 30.4 Å². The molecule has 1 atom stereocenters.